The highest BCUT2D eigenvalue weighted by atomic mass is 32.2. The number of methoxy groups -OCH3 is 1. The number of carbonyl (C=O) groups excluding carboxylic acids is 1. The summed E-state index contributed by atoms with van der Waals surface area (Å²) in [6, 6.07) is 19.1. The van der Waals surface area contributed by atoms with Crippen molar-refractivity contribution < 1.29 is 17.9 Å². The van der Waals surface area contributed by atoms with Crippen molar-refractivity contribution in [2.24, 2.45) is 0 Å². The van der Waals surface area contributed by atoms with E-state index in [0.29, 0.717) is 22.7 Å². The maximum absolute atomic E-state index is 12.7. The van der Waals surface area contributed by atoms with Gasteiger partial charge >= 0.3 is 0 Å². The molecule has 3 aromatic carbocycles. The Morgan fingerprint density at radius 1 is 0.966 bits per heavy atom. The Labute approximate surface area is 169 Å². The second-order valence-electron chi connectivity index (χ2n) is 6.04. The van der Waals surface area contributed by atoms with Crippen LogP contribution in [-0.4, -0.2) is 21.4 Å². The average Bonchev–Trinajstić information content (AvgIpc) is 2.74. The molecule has 0 saturated carbocycles. The molecule has 0 unspecified atom stereocenters. The van der Waals surface area contributed by atoms with Crippen LogP contribution in [0, 0.1) is 12.3 Å². The quantitative estimate of drug-likeness (QED) is 0.611. The van der Waals surface area contributed by atoms with E-state index in [0.717, 1.165) is 0 Å². The fourth-order valence-corrected chi connectivity index (χ4v) is 3.67. The zero-order valence-electron chi connectivity index (χ0n) is 15.5. The van der Waals surface area contributed by atoms with E-state index in [4.69, 9.17) is 11.2 Å². The van der Waals surface area contributed by atoms with Crippen LogP contribution in [0.5, 0.6) is 5.75 Å². The molecule has 0 aromatic heterocycles. The number of benzene rings is 3. The molecule has 0 fully saturated rings. The SMILES string of the molecule is C#Cc1cccc(NC(=O)c2cccc(S(=O)(=O)Nc3ccc(OC)cc3)c2)c1. The number of rotatable bonds is 6. The molecule has 2 N–H and O–H groups in total. The first-order valence-corrected chi connectivity index (χ1v) is 10.0. The summed E-state index contributed by atoms with van der Waals surface area (Å²) in [4.78, 5) is 12.5. The average molecular weight is 406 g/mol. The van der Waals surface area contributed by atoms with E-state index < -0.39 is 15.9 Å². The van der Waals surface area contributed by atoms with Gasteiger partial charge in [0, 0.05) is 22.5 Å². The Kier molecular flexibility index (Phi) is 5.86. The first kappa shape index (κ1) is 20.0. The molecule has 0 atom stereocenters. The topological polar surface area (TPSA) is 84.5 Å². The number of anilines is 2. The van der Waals surface area contributed by atoms with Gasteiger partial charge in [0.1, 0.15) is 5.75 Å². The van der Waals surface area contributed by atoms with Crippen LogP contribution in [0.1, 0.15) is 15.9 Å². The normalized spacial score (nSPS) is 10.6. The van der Waals surface area contributed by atoms with Crippen molar-refractivity contribution >= 4 is 27.3 Å². The van der Waals surface area contributed by atoms with Gasteiger partial charge in [0.05, 0.1) is 12.0 Å². The van der Waals surface area contributed by atoms with E-state index in [1.807, 2.05) is 0 Å². The van der Waals surface area contributed by atoms with Gasteiger partial charge in [-0.05, 0) is 60.7 Å². The van der Waals surface area contributed by atoms with E-state index in [2.05, 4.69) is 16.0 Å². The summed E-state index contributed by atoms with van der Waals surface area (Å²) in [6.45, 7) is 0. The van der Waals surface area contributed by atoms with E-state index >= 15 is 0 Å². The number of ether oxygens (including phenoxy) is 1. The molecule has 6 nitrogen and oxygen atoms in total. The van der Waals surface area contributed by atoms with Crippen LogP contribution >= 0.6 is 0 Å². The molecule has 0 bridgehead atoms. The third-order valence-electron chi connectivity index (χ3n) is 4.04. The monoisotopic (exact) mass is 406 g/mol. The maximum atomic E-state index is 12.7. The highest BCUT2D eigenvalue weighted by molar-refractivity contribution is 7.92. The zero-order valence-corrected chi connectivity index (χ0v) is 16.4. The third kappa shape index (κ3) is 4.94. The molecule has 0 aliphatic heterocycles. The molecule has 7 heteroatoms. The smallest absolute Gasteiger partial charge is 0.261 e. The second kappa shape index (κ2) is 8.50. The molecular formula is C22H18N2O4S. The molecule has 29 heavy (non-hydrogen) atoms. The van der Waals surface area contributed by atoms with Crippen molar-refractivity contribution in [1.29, 1.82) is 0 Å². The molecule has 3 rings (SSSR count). The molecule has 1 amide bonds. The predicted octanol–water partition coefficient (Wildman–Crippen LogP) is 3.73. The standard InChI is InChI=1S/C22H18N2O4S/c1-3-16-6-4-8-19(14-16)23-22(25)17-7-5-9-21(15-17)29(26,27)24-18-10-12-20(28-2)13-11-18/h1,4-15,24H,2H3,(H,23,25). The van der Waals surface area contributed by atoms with E-state index in [1.54, 1.807) is 48.5 Å². The summed E-state index contributed by atoms with van der Waals surface area (Å²) in [5, 5.41) is 2.71. The predicted molar refractivity (Wildman–Crippen MR) is 113 cm³/mol. The number of amides is 1. The molecule has 0 heterocycles. The van der Waals surface area contributed by atoms with Crippen molar-refractivity contribution in [2.75, 3.05) is 17.1 Å². The first-order valence-electron chi connectivity index (χ1n) is 8.56. The lowest BCUT2D eigenvalue weighted by atomic mass is 10.2. The Morgan fingerprint density at radius 2 is 1.69 bits per heavy atom. The lowest BCUT2D eigenvalue weighted by Crippen LogP contribution is -2.16. The maximum Gasteiger partial charge on any atom is 0.261 e. The van der Waals surface area contributed by atoms with Gasteiger partial charge in [0.15, 0.2) is 0 Å². The number of terminal acetylenes is 1. The van der Waals surface area contributed by atoms with Crippen molar-refractivity contribution in [3.8, 4) is 18.1 Å². The summed E-state index contributed by atoms with van der Waals surface area (Å²) in [7, 11) is -2.34. The number of hydrogen-bond acceptors (Lipinski definition) is 4. The Hall–Kier alpha value is -3.76. The Bertz CT molecular complexity index is 1180. The van der Waals surface area contributed by atoms with Crippen LogP contribution in [0.2, 0.25) is 0 Å². The molecular weight excluding hydrogens is 388 g/mol. The largest absolute Gasteiger partial charge is 0.497 e. The van der Waals surface area contributed by atoms with E-state index in [1.165, 1.54) is 31.4 Å². The summed E-state index contributed by atoms with van der Waals surface area (Å²) in [6.07, 6.45) is 5.36. The number of carbonyl (C=O) groups is 1. The summed E-state index contributed by atoms with van der Waals surface area (Å²) in [5.74, 6) is 2.66. The van der Waals surface area contributed by atoms with Gasteiger partial charge in [-0.3, -0.25) is 9.52 Å². The van der Waals surface area contributed by atoms with Crippen LogP contribution in [0.3, 0.4) is 0 Å². The molecule has 0 radical (unpaired) electrons. The van der Waals surface area contributed by atoms with Crippen LogP contribution in [0.15, 0.2) is 77.7 Å². The molecule has 0 aliphatic rings. The molecule has 146 valence electrons. The van der Waals surface area contributed by atoms with E-state index in [-0.39, 0.29) is 10.5 Å². The highest BCUT2D eigenvalue weighted by Crippen LogP contribution is 2.20. The first-order chi connectivity index (χ1) is 13.9. The number of nitrogens with one attached hydrogen (secondary N) is 2. The zero-order chi connectivity index (χ0) is 20.9. The van der Waals surface area contributed by atoms with Gasteiger partial charge in [-0.1, -0.05) is 18.1 Å². The minimum Gasteiger partial charge on any atom is -0.497 e. The van der Waals surface area contributed by atoms with Crippen LogP contribution in [0.4, 0.5) is 11.4 Å². The van der Waals surface area contributed by atoms with Gasteiger partial charge < -0.3 is 10.1 Å². The summed E-state index contributed by atoms with van der Waals surface area (Å²) in [5.41, 5.74) is 1.73. The molecule has 0 aliphatic carbocycles. The van der Waals surface area contributed by atoms with Gasteiger partial charge in [-0.2, -0.15) is 0 Å². The van der Waals surface area contributed by atoms with Gasteiger partial charge in [-0.25, -0.2) is 8.42 Å². The van der Waals surface area contributed by atoms with Gasteiger partial charge in [-0.15, -0.1) is 6.42 Å². The second-order valence-corrected chi connectivity index (χ2v) is 7.72. The number of hydrogen-bond donors (Lipinski definition) is 2. The number of sulfonamides is 1. The van der Waals surface area contributed by atoms with Crippen molar-refractivity contribution in [3.63, 3.8) is 0 Å². The lowest BCUT2D eigenvalue weighted by molar-refractivity contribution is 0.102. The molecule has 3 aromatic rings. The van der Waals surface area contributed by atoms with Gasteiger partial charge in [0.2, 0.25) is 0 Å². The van der Waals surface area contributed by atoms with Crippen LogP contribution in [0.25, 0.3) is 0 Å². The van der Waals surface area contributed by atoms with Crippen LogP contribution in [-0.2, 0) is 10.0 Å². The third-order valence-corrected chi connectivity index (χ3v) is 5.41. The Morgan fingerprint density at radius 3 is 2.38 bits per heavy atom. The van der Waals surface area contributed by atoms with E-state index in [9.17, 15) is 13.2 Å². The van der Waals surface area contributed by atoms with Crippen molar-refractivity contribution in [3.05, 3.63) is 83.9 Å². The minimum atomic E-state index is -3.87. The van der Waals surface area contributed by atoms with Crippen molar-refractivity contribution in [1.82, 2.24) is 0 Å². The highest BCUT2D eigenvalue weighted by Gasteiger charge is 2.17. The fourth-order valence-electron chi connectivity index (χ4n) is 2.57. The summed E-state index contributed by atoms with van der Waals surface area (Å²) < 4.78 is 32.9. The molecule has 0 saturated heterocycles. The van der Waals surface area contributed by atoms with Gasteiger partial charge in [0.25, 0.3) is 15.9 Å². The van der Waals surface area contributed by atoms with Crippen LogP contribution < -0.4 is 14.8 Å². The minimum absolute atomic E-state index is 0.0293. The fraction of sp³-hybridized carbons (Fsp3) is 0.0455. The lowest BCUT2D eigenvalue weighted by Gasteiger charge is -2.10. The summed E-state index contributed by atoms with van der Waals surface area (Å²) >= 11 is 0. The Balaban J connectivity index is 1.80. The molecule has 0 spiro atoms. The van der Waals surface area contributed by atoms with Crippen molar-refractivity contribution in [2.45, 2.75) is 4.90 Å².